The fraction of sp³-hybridized carbons (Fsp3) is 0.520. The zero-order valence-corrected chi connectivity index (χ0v) is 17.0. The molecule has 2 aliphatic rings. The predicted octanol–water partition coefficient (Wildman–Crippen LogP) is 3.65. The van der Waals surface area contributed by atoms with Gasteiger partial charge in [0.05, 0.1) is 24.9 Å². The van der Waals surface area contributed by atoms with E-state index in [9.17, 15) is 10.2 Å². The second kappa shape index (κ2) is 9.40. The van der Waals surface area contributed by atoms with Gasteiger partial charge in [-0.2, -0.15) is 0 Å². The van der Waals surface area contributed by atoms with Crippen LogP contribution in [-0.4, -0.2) is 40.7 Å². The highest BCUT2D eigenvalue weighted by Gasteiger charge is 2.31. The van der Waals surface area contributed by atoms with Crippen molar-refractivity contribution in [1.82, 2.24) is 0 Å². The maximum Gasteiger partial charge on any atom is 0.0854 e. The molecule has 156 valence electrons. The lowest BCUT2D eigenvalue weighted by Gasteiger charge is -2.33. The zero-order chi connectivity index (χ0) is 20.2. The molecule has 0 aromatic heterocycles. The molecule has 1 aliphatic carbocycles. The van der Waals surface area contributed by atoms with Crippen LogP contribution in [0.5, 0.6) is 0 Å². The van der Waals surface area contributed by atoms with Crippen molar-refractivity contribution in [3.8, 4) is 0 Å². The second-order valence-corrected chi connectivity index (χ2v) is 8.61. The van der Waals surface area contributed by atoms with Gasteiger partial charge in [-0.05, 0) is 65.8 Å². The number of hydrogen-bond donors (Lipinski definition) is 3. The highest BCUT2D eigenvalue weighted by molar-refractivity contribution is 5.41. The fourth-order valence-corrected chi connectivity index (χ4v) is 4.42. The van der Waals surface area contributed by atoms with Crippen LogP contribution in [0.1, 0.15) is 71.9 Å². The summed E-state index contributed by atoms with van der Waals surface area (Å²) in [6.07, 6.45) is 5.33. The summed E-state index contributed by atoms with van der Waals surface area (Å²) in [7, 11) is 0. The molecular weight excluding hydrogens is 364 g/mol. The average molecular weight is 397 g/mol. The third-order valence-electron chi connectivity index (χ3n) is 6.18. The molecule has 1 unspecified atom stereocenters. The van der Waals surface area contributed by atoms with Crippen LogP contribution in [0.4, 0.5) is 0 Å². The van der Waals surface area contributed by atoms with Gasteiger partial charge in [0.15, 0.2) is 0 Å². The van der Waals surface area contributed by atoms with Crippen LogP contribution in [0.2, 0.25) is 0 Å². The van der Waals surface area contributed by atoms with E-state index in [4.69, 9.17) is 9.84 Å². The van der Waals surface area contributed by atoms with Crippen molar-refractivity contribution in [3.63, 3.8) is 0 Å². The van der Waals surface area contributed by atoms with Crippen LogP contribution >= 0.6 is 0 Å². The first kappa shape index (κ1) is 20.5. The van der Waals surface area contributed by atoms with E-state index in [1.54, 1.807) is 0 Å². The van der Waals surface area contributed by atoms with E-state index in [0.29, 0.717) is 18.8 Å². The van der Waals surface area contributed by atoms with Crippen LogP contribution in [-0.2, 0) is 17.6 Å². The minimum Gasteiger partial charge on any atom is -0.396 e. The summed E-state index contributed by atoms with van der Waals surface area (Å²) < 4.78 is 6.04. The van der Waals surface area contributed by atoms with Gasteiger partial charge >= 0.3 is 0 Å². The Balaban J connectivity index is 1.54. The Bertz CT molecular complexity index is 797. The van der Waals surface area contributed by atoms with Crippen molar-refractivity contribution in [3.05, 3.63) is 70.3 Å². The number of aliphatic hydroxyl groups is 3. The summed E-state index contributed by atoms with van der Waals surface area (Å²) in [5.74, 6) is 0.672. The van der Waals surface area contributed by atoms with Gasteiger partial charge in [-0.1, -0.05) is 42.5 Å². The van der Waals surface area contributed by atoms with E-state index in [2.05, 4.69) is 42.5 Å². The van der Waals surface area contributed by atoms with E-state index >= 15 is 0 Å². The highest BCUT2D eigenvalue weighted by Crippen LogP contribution is 2.43. The Hall–Kier alpha value is -1.72. The van der Waals surface area contributed by atoms with E-state index in [1.807, 2.05) is 0 Å². The smallest absolute Gasteiger partial charge is 0.0854 e. The first-order valence-corrected chi connectivity index (χ1v) is 10.9. The van der Waals surface area contributed by atoms with Crippen LogP contribution in [0.3, 0.4) is 0 Å². The van der Waals surface area contributed by atoms with Gasteiger partial charge in [-0.25, -0.2) is 0 Å². The summed E-state index contributed by atoms with van der Waals surface area (Å²) >= 11 is 0. The standard InChI is InChI=1S/C25H32O4/c26-11-1-2-17-3-5-18(6-4-17)12-21-13-20(9-10-24(21)19-7-8-19)25-15-22(28)14-23(16-27)29-25/h3-6,9-10,13,19,22-23,25-28H,1-2,7-8,11-12,14-16H2/t22?,23-,25+/m0/s1. The topological polar surface area (TPSA) is 69.9 Å². The summed E-state index contributed by atoms with van der Waals surface area (Å²) in [6, 6.07) is 15.4. The van der Waals surface area contributed by atoms with Gasteiger partial charge in [0.2, 0.25) is 0 Å². The molecule has 1 heterocycles. The molecule has 2 fully saturated rings. The minimum atomic E-state index is -0.427. The molecule has 0 radical (unpaired) electrons. The Morgan fingerprint density at radius 1 is 0.931 bits per heavy atom. The summed E-state index contributed by atoms with van der Waals surface area (Å²) in [5, 5.41) is 28.7. The average Bonchev–Trinajstić information content (AvgIpc) is 3.58. The largest absolute Gasteiger partial charge is 0.396 e. The fourth-order valence-electron chi connectivity index (χ4n) is 4.42. The Labute approximate surface area is 173 Å². The Morgan fingerprint density at radius 2 is 1.69 bits per heavy atom. The predicted molar refractivity (Wildman–Crippen MR) is 113 cm³/mol. The third-order valence-corrected chi connectivity index (χ3v) is 6.18. The SMILES string of the molecule is OCCCc1ccc(Cc2cc([C@H]3CC(O)C[C@@H](CO)O3)ccc2C2CC2)cc1. The summed E-state index contributed by atoms with van der Waals surface area (Å²) in [6.45, 7) is 0.178. The second-order valence-electron chi connectivity index (χ2n) is 8.61. The molecule has 3 N–H and O–H groups in total. The minimum absolute atomic E-state index is 0.0524. The van der Waals surface area contributed by atoms with Crippen LogP contribution < -0.4 is 0 Å². The van der Waals surface area contributed by atoms with Crippen molar-refractivity contribution in [2.75, 3.05) is 13.2 Å². The van der Waals surface area contributed by atoms with Crippen LogP contribution in [0, 0.1) is 0 Å². The van der Waals surface area contributed by atoms with Crippen molar-refractivity contribution < 1.29 is 20.1 Å². The first-order chi connectivity index (χ1) is 14.2. The van der Waals surface area contributed by atoms with Gasteiger partial charge in [-0.3, -0.25) is 0 Å². The molecule has 4 rings (SSSR count). The summed E-state index contributed by atoms with van der Waals surface area (Å²) in [4.78, 5) is 0. The van der Waals surface area contributed by atoms with Crippen LogP contribution in [0.15, 0.2) is 42.5 Å². The molecule has 4 heteroatoms. The van der Waals surface area contributed by atoms with Crippen LogP contribution in [0.25, 0.3) is 0 Å². The number of rotatable bonds is 8. The molecule has 1 saturated heterocycles. The normalized spacial score (nSPS) is 24.6. The molecular formula is C25H32O4. The number of hydrogen-bond acceptors (Lipinski definition) is 4. The maximum atomic E-state index is 10.2. The lowest BCUT2D eigenvalue weighted by molar-refractivity contribution is -0.113. The van der Waals surface area contributed by atoms with Gasteiger partial charge in [0.25, 0.3) is 0 Å². The highest BCUT2D eigenvalue weighted by atomic mass is 16.5. The zero-order valence-electron chi connectivity index (χ0n) is 17.0. The number of aliphatic hydroxyl groups excluding tert-OH is 3. The Kier molecular flexibility index (Phi) is 6.66. The Morgan fingerprint density at radius 3 is 2.38 bits per heavy atom. The van der Waals surface area contributed by atoms with E-state index < -0.39 is 6.10 Å². The van der Waals surface area contributed by atoms with Gasteiger partial charge in [0.1, 0.15) is 0 Å². The molecule has 29 heavy (non-hydrogen) atoms. The number of benzene rings is 2. The number of ether oxygens (including phenoxy) is 1. The molecule has 0 amide bonds. The molecule has 3 atom stereocenters. The first-order valence-electron chi connectivity index (χ1n) is 10.9. The molecule has 4 nitrogen and oxygen atoms in total. The maximum absolute atomic E-state index is 10.2. The van der Waals surface area contributed by atoms with E-state index in [0.717, 1.165) is 24.8 Å². The molecule has 0 bridgehead atoms. The molecule has 0 spiro atoms. The van der Waals surface area contributed by atoms with Gasteiger partial charge in [-0.15, -0.1) is 0 Å². The molecule has 1 aliphatic heterocycles. The number of aryl methyl sites for hydroxylation is 1. The van der Waals surface area contributed by atoms with Crippen molar-refractivity contribution in [2.24, 2.45) is 0 Å². The lowest BCUT2D eigenvalue weighted by atomic mass is 9.90. The summed E-state index contributed by atoms with van der Waals surface area (Å²) in [5.41, 5.74) is 6.43. The monoisotopic (exact) mass is 396 g/mol. The van der Waals surface area contributed by atoms with Gasteiger partial charge < -0.3 is 20.1 Å². The molecule has 2 aromatic rings. The van der Waals surface area contributed by atoms with Crippen molar-refractivity contribution in [2.45, 2.75) is 69.2 Å². The van der Waals surface area contributed by atoms with E-state index in [1.165, 1.54) is 35.1 Å². The lowest BCUT2D eigenvalue weighted by Crippen LogP contribution is -2.33. The molecule has 2 aromatic carbocycles. The third kappa shape index (κ3) is 5.26. The quantitative estimate of drug-likeness (QED) is 0.637. The van der Waals surface area contributed by atoms with Crippen molar-refractivity contribution in [1.29, 1.82) is 0 Å². The molecule has 1 saturated carbocycles. The van der Waals surface area contributed by atoms with Crippen molar-refractivity contribution >= 4 is 0 Å². The van der Waals surface area contributed by atoms with Gasteiger partial charge in [0, 0.05) is 19.4 Å². The van der Waals surface area contributed by atoms with E-state index in [-0.39, 0.29) is 25.4 Å².